The van der Waals surface area contributed by atoms with E-state index >= 15 is 0 Å². The molecule has 1 atom stereocenters. The highest BCUT2D eigenvalue weighted by Crippen LogP contribution is 2.38. The van der Waals surface area contributed by atoms with Crippen molar-refractivity contribution < 1.29 is 14.3 Å². The number of hydrogen-bond acceptors (Lipinski definition) is 3. The highest BCUT2D eigenvalue weighted by atomic mass is 16.5. The van der Waals surface area contributed by atoms with Gasteiger partial charge in [-0.15, -0.1) is 0 Å². The first-order valence-electron chi connectivity index (χ1n) is 5.87. The fourth-order valence-electron chi connectivity index (χ4n) is 2.40. The van der Waals surface area contributed by atoms with Gasteiger partial charge >= 0.3 is 0 Å². The second-order valence-electron chi connectivity index (χ2n) is 4.74. The lowest BCUT2D eigenvalue weighted by Gasteiger charge is -2.27. The molecule has 3 heteroatoms. The van der Waals surface area contributed by atoms with E-state index in [0.717, 1.165) is 16.7 Å². The summed E-state index contributed by atoms with van der Waals surface area (Å²) in [5.41, 5.74) is 2.47. The molecule has 0 aliphatic rings. The molecular weight excluding hydrogens is 228 g/mol. The summed E-state index contributed by atoms with van der Waals surface area (Å²) >= 11 is 0. The molecule has 0 amide bonds. The van der Waals surface area contributed by atoms with Crippen LogP contribution in [-0.4, -0.2) is 12.2 Å². The fraction of sp³-hybridized carbons (Fsp3) is 0.333. The van der Waals surface area contributed by atoms with Crippen molar-refractivity contribution in [2.45, 2.75) is 26.4 Å². The number of aliphatic hydroxyl groups is 1. The highest BCUT2D eigenvalue weighted by molar-refractivity contribution is 5.50. The van der Waals surface area contributed by atoms with E-state index in [9.17, 15) is 5.11 Å². The second-order valence-corrected chi connectivity index (χ2v) is 4.74. The van der Waals surface area contributed by atoms with Crippen LogP contribution < -0.4 is 4.74 Å². The molecule has 1 heterocycles. The first-order valence-corrected chi connectivity index (χ1v) is 5.87. The van der Waals surface area contributed by atoms with Crippen LogP contribution in [0.2, 0.25) is 0 Å². The molecule has 1 unspecified atom stereocenters. The van der Waals surface area contributed by atoms with Gasteiger partial charge in [0.05, 0.1) is 19.6 Å². The molecule has 0 spiro atoms. The van der Waals surface area contributed by atoms with Crippen LogP contribution in [0.25, 0.3) is 0 Å². The lowest BCUT2D eigenvalue weighted by molar-refractivity contribution is 0.0975. The zero-order chi connectivity index (χ0) is 13.3. The van der Waals surface area contributed by atoms with Crippen molar-refractivity contribution in [3.8, 4) is 5.75 Å². The minimum atomic E-state index is -1.13. The Morgan fingerprint density at radius 3 is 2.56 bits per heavy atom. The molecule has 0 aliphatic heterocycles. The molecule has 0 aliphatic carbocycles. The molecule has 2 rings (SSSR count). The average molecular weight is 246 g/mol. The smallest absolute Gasteiger partial charge is 0.125 e. The van der Waals surface area contributed by atoms with E-state index in [2.05, 4.69) is 0 Å². The van der Waals surface area contributed by atoms with Crippen LogP contribution in [0.1, 0.15) is 29.2 Å². The average Bonchev–Trinajstić information content (AvgIpc) is 2.81. The summed E-state index contributed by atoms with van der Waals surface area (Å²) in [6.07, 6.45) is 3.11. The van der Waals surface area contributed by atoms with Crippen molar-refractivity contribution in [2.24, 2.45) is 0 Å². The minimum absolute atomic E-state index is 0.693. The van der Waals surface area contributed by atoms with Crippen molar-refractivity contribution in [1.82, 2.24) is 0 Å². The Balaban J connectivity index is 2.64. The summed E-state index contributed by atoms with van der Waals surface area (Å²) in [5.74, 6) is 0.693. The van der Waals surface area contributed by atoms with Crippen LogP contribution in [0, 0.1) is 13.8 Å². The topological polar surface area (TPSA) is 42.6 Å². The zero-order valence-electron chi connectivity index (χ0n) is 11.2. The van der Waals surface area contributed by atoms with E-state index in [4.69, 9.17) is 9.15 Å². The third-order valence-corrected chi connectivity index (χ3v) is 3.23. The molecule has 1 aromatic heterocycles. The van der Waals surface area contributed by atoms with E-state index in [1.807, 2.05) is 26.0 Å². The lowest BCUT2D eigenvalue weighted by atomic mass is 9.85. The van der Waals surface area contributed by atoms with Gasteiger partial charge in [0, 0.05) is 11.1 Å². The van der Waals surface area contributed by atoms with Gasteiger partial charge in [-0.2, -0.15) is 0 Å². The van der Waals surface area contributed by atoms with Gasteiger partial charge < -0.3 is 14.3 Å². The van der Waals surface area contributed by atoms with Gasteiger partial charge in [-0.1, -0.05) is 6.07 Å². The van der Waals surface area contributed by atoms with Crippen molar-refractivity contribution in [2.75, 3.05) is 7.11 Å². The Kier molecular flexibility index (Phi) is 3.18. The Morgan fingerprint density at radius 1 is 1.28 bits per heavy atom. The third kappa shape index (κ3) is 2.02. The summed E-state index contributed by atoms with van der Waals surface area (Å²) in [5, 5.41) is 10.8. The van der Waals surface area contributed by atoms with Gasteiger partial charge in [-0.3, -0.25) is 0 Å². The Morgan fingerprint density at radius 2 is 2.00 bits per heavy atom. The second kappa shape index (κ2) is 4.50. The normalized spacial score (nSPS) is 14.3. The van der Waals surface area contributed by atoms with Gasteiger partial charge in [0.1, 0.15) is 11.4 Å². The van der Waals surface area contributed by atoms with Crippen LogP contribution in [0.3, 0.4) is 0 Å². The molecule has 0 radical (unpaired) electrons. The van der Waals surface area contributed by atoms with Crippen molar-refractivity contribution >= 4 is 0 Å². The number of aryl methyl sites for hydroxylation is 2. The van der Waals surface area contributed by atoms with Crippen LogP contribution in [-0.2, 0) is 5.60 Å². The van der Waals surface area contributed by atoms with Crippen molar-refractivity contribution in [3.63, 3.8) is 0 Å². The standard InChI is InChI=1S/C15H18O3/c1-10-7-11(2)14(13(8-10)17-4)15(3,16)12-5-6-18-9-12/h5-9,16H,1-4H3. The Labute approximate surface area is 107 Å². The van der Waals surface area contributed by atoms with Gasteiger partial charge in [0.2, 0.25) is 0 Å². The Hall–Kier alpha value is -1.74. The fourth-order valence-corrected chi connectivity index (χ4v) is 2.40. The number of benzene rings is 1. The molecule has 0 saturated heterocycles. The third-order valence-electron chi connectivity index (χ3n) is 3.23. The van der Waals surface area contributed by atoms with E-state index in [1.165, 1.54) is 0 Å². The van der Waals surface area contributed by atoms with Gasteiger partial charge in [0.25, 0.3) is 0 Å². The maximum atomic E-state index is 10.8. The quantitative estimate of drug-likeness (QED) is 0.904. The largest absolute Gasteiger partial charge is 0.496 e. The van der Waals surface area contributed by atoms with E-state index in [-0.39, 0.29) is 0 Å². The summed E-state index contributed by atoms with van der Waals surface area (Å²) < 4.78 is 10.5. The van der Waals surface area contributed by atoms with Crippen molar-refractivity contribution in [3.05, 3.63) is 53.0 Å². The molecule has 18 heavy (non-hydrogen) atoms. The van der Waals surface area contributed by atoms with E-state index in [0.29, 0.717) is 11.3 Å². The molecule has 1 N–H and O–H groups in total. The predicted octanol–water partition coefficient (Wildman–Crippen LogP) is 3.16. The molecule has 2 aromatic rings. The summed E-state index contributed by atoms with van der Waals surface area (Å²) in [4.78, 5) is 0. The summed E-state index contributed by atoms with van der Waals surface area (Å²) in [6.45, 7) is 5.73. The van der Waals surface area contributed by atoms with E-state index < -0.39 is 5.60 Å². The number of rotatable bonds is 3. The first kappa shape index (κ1) is 12.7. The lowest BCUT2D eigenvalue weighted by Crippen LogP contribution is -2.24. The molecule has 0 bridgehead atoms. The van der Waals surface area contributed by atoms with Crippen LogP contribution in [0.5, 0.6) is 5.75 Å². The van der Waals surface area contributed by atoms with Gasteiger partial charge in [0.15, 0.2) is 0 Å². The number of ether oxygens (including phenoxy) is 1. The molecule has 3 nitrogen and oxygen atoms in total. The van der Waals surface area contributed by atoms with Crippen LogP contribution in [0.4, 0.5) is 0 Å². The maximum Gasteiger partial charge on any atom is 0.125 e. The predicted molar refractivity (Wildman–Crippen MR) is 69.8 cm³/mol. The zero-order valence-corrected chi connectivity index (χ0v) is 11.2. The SMILES string of the molecule is COc1cc(C)cc(C)c1C(C)(O)c1ccoc1. The van der Waals surface area contributed by atoms with E-state index in [1.54, 1.807) is 32.6 Å². The number of hydrogen-bond donors (Lipinski definition) is 1. The van der Waals surface area contributed by atoms with Crippen LogP contribution in [0.15, 0.2) is 35.1 Å². The molecule has 0 saturated carbocycles. The monoisotopic (exact) mass is 246 g/mol. The van der Waals surface area contributed by atoms with Crippen molar-refractivity contribution in [1.29, 1.82) is 0 Å². The summed E-state index contributed by atoms with van der Waals surface area (Å²) in [6, 6.07) is 5.72. The van der Waals surface area contributed by atoms with Crippen LogP contribution >= 0.6 is 0 Å². The number of furan rings is 1. The molecule has 1 aromatic carbocycles. The minimum Gasteiger partial charge on any atom is -0.496 e. The molecule has 0 fully saturated rings. The number of methoxy groups -OCH3 is 1. The summed E-state index contributed by atoms with van der Waals surface area (Å²) in [7, 11) is 1.61. The van der Waals surface area contributed by atoms with Gasteiger partial charge in [-0.05, 0) is 44.0 Å². The van der Waals surface area contributed by atoms with Gasteiger partial charge in [-0.25, -0.2) is 0 Å². The molecule has 96 valence electrons. The molecular formula is C15H18O3. The highest BCUT2D eigenvalue weighted by Gasteiger charge is 2.31. The maximum absolute atomic E-state index is 10.8. The Bertz CT molecular complexity index is 539. The first-order chi connectivity index (χ1) is 8.46.